The summed E-state index contributed by atoms with van der Waals surface area (Å²) in [7, 11) is 0. The smallest absolute Gasteiger partial charge is 0.276 e. The molecule has 0 radical (unpaired) electrons. The highest BCUT2D eigenvalue weighted by atomic mass is 79.9. The second-order valence-corrected chi connectivity index (χ2v) is 6.06. The summed E-state index contributed by atoms with van der Waals surface area (Å²) in [4.78, 5) is 22.1. The van der Waals surface area contributed by atoms with E-state index in [1.54, 1.807) is 0 Å². The molecule has 0 aliphatic heterocycles. The molecule has 1 amide bonds. The maximum absolute atomic E-state index is 13.2. The van der Waals surface area contributed by atoms with Gasteiger partial charge >= 0.3 is 0 Å². The lowest BCUT2D eigenvalue weighted by atomic mass is 10.2. The van der Waals surface area contributed by atoms with Crippen molar-refractivity contribution in [2.24, 2.45) is 0 Å². The van der Waals surface area contributed by atoms with Crippen LogP contribution in [0.1, 0.15) is 10.4 Å². The minimum absolute atomic E-state index is 0.0564. The van der Waals surface area contributed by atoms with Crippen LogP contribution in [-0.4, -0.2) is 16.0 Å². The van der Waals surface area contributed by atoms with Gasteiger partial charge in [-0.15, -0.1) is 0 Å². The molecule has 0 atom stereocenters. The van der Waals surface area contributed by atoms with Gasteiger partial charge in [-0.3, -0.25) is 9.59 Å². The summed E-state index contributed by atoms with van der Waals surface area (Å²) < 4.78 is 11.1. The molecule has 3 nitrogen and oxygen atoms in total. The van der Waals surface area contributed by atoms with Gasteiger partial charge in [0.15, 0.2) is 6.29 Å². The lowest BCUT2D eigenvalue weighted by Gasteiger charge is -2.13. The number of nitrogens with one attached hydrogen (secondary N) is 1. The van der Waals surface area contributed by atoms with Crippen LogP contribution in [0, 0.1) is 5.82 Å². The van der Waals surface area contributed by atoms with Gasteiger partial charge in [-0.1, -0.05) is 34.8 Å². The zero-order chi connectivity index (χ0) is 13.2. The standard InChI is InChI=1S/C9H4BrCl3FNO2/c10-5-1-4(3-16)7(2-6(5)14)15-8(17)9(11,12)13/h1-3H,(H,15,17). The number of hydrogen-bond acceptors (Lipinski definition) is 2. The molecule has 17 heavy (non-hydrogen) atoms. The maximum atomic E-state index is 13.2. The third-order valence-corrected chi connectivity index (χ3v) is 2.85. The summed E-state index contributed by atoms with van der Waals surface area (Å²) in [6.45, 7) is 0. The van der Waals surface area contributed by atoms with Crippen molar-refractivity contribution < 1.29 is 14.0 Å². The highest BCUT2D eigenvalue weighted by molar-refractivity contribution is 9.10. The van der Waals surface area contributed by atoms with E-state index in [0.29, 0.717) is 6.29 Å². The molecule has 0 aromatic heterocycles. The number of anilines is 1. The fourth-order valence-corrected chi connectivity index (χ4v) is 1.46. The fourth-order valence-electron chi connectivity index (χ4n) is 0.961. The van der Waals surface area contributed by atoms with Crippen LogP contribution in [0.25, 0.3) is 0 Å². The van der Waals surface area contributed by atoms with Crippen LogP contribution >= 0.6 is 50.7 Å². The van der Waals surface area contributed by atoms with Gasteiger partial charge < -0.3 is 5.32 Å². The minimum Gasteiger partial charge on any atom is -0.322 e. The second kappa shape index (κ2) is 5.52. The van der Waals surface area contributed by atoms with Gasteiger partial charge in [0.25, 0.3) is 9.70 Å². The van der Waals surface area contributed by atoms with Gasteiger partial charge in [-0.05, 0) is 28.1 Å². The number of benzene rings is 1. The summed E-state index contributed by atoms with van der Waals surface area (Å²) in [5, 5.41) is 2.14. The first-order chi connectivity index (χ1) is 7.75. The SMILES string of the molecule is O=Cc1cc(Br)c(F)cc1NC(=O)C(Cl)(Cl)Cl. The predicted octanol–water partition coefficient (Wildman–Crippen LogP) is 3.71. The van der Waals surface area contributed by atoms with Crippen LogP contribution in [0.15, 0.2) is 16.6 Å². The number of hydrogen-bond donors (Lipinski definition) is 1. The molecule has 0 unspecified atom stereocenters. The van der Waals surface area contributed by atoms with Gasteiger partial charge in [0, 0.05) is 5.56 Å². The Morgan fingerprint density at radius 1 is 1.41 bits per heavy atom. The number of amides is 1. The van der Waals surface area contributed by atoms with Crippen molar-refractivity contribution in [2.75, 3.05) is 5.32 Å². The summed E-state index contributed by atoms with van der Waals surface area (Å²) in [5.74, 6) is -1.64. The average Bonchev–Trinajstić information content (AvgIpc) is 2.21. The van der Waals surface area contributed by atoms with Gasteiger partial charge in [0.2, 0.25) is 0 Å². The van der Waals surface area contributed by atoms with E-state index in [1.807, 2.05) is 0 Å². The summed E-state index contributed by atoms with van der Waals surface area (Å²) in [6, 6.07) is 2.15. The summed E-state index contributed by atoms with van der Waals surface area (Å²) in [6.07, 6.45) is 0.443. The van der Waals surface area contributed by atoms with E-state index in [-0.39, 0.29) is 15.7 Å². The molecule has 0 saturated carbocycles. The van der Waals surface area contributed by atoms with Crippen LogP contribution in [-0.2, 0) is 4.79 Å². The quantitative estimate of drug-likeness (QED) is 0.643. The van der Waals surface area contributed by atoms with Crippen LogP contribution in [0.3, 0.4) is 0 Å². The van der Waals surface area contributed by atoms with Crippen molar-refractivity contribution in [2.45, 2.75) is 3.79 Å². The Balaban J connectivity index is 3.10. The van der Waals surface area contributed by atoms with E-state index in [9.17, 15) is 14.0 Å². The molecule has 8 heteroatoms. The van der Waals surface area contributed by atoms with Crippen molar-refractivity contribution in [3.05, 3.63) is 28.0 Å². The van der Waals surface area contributed by atoms with Crippen molar-refractivity contribution in [3.63, 3.8) is 0 Å². The van der Waals surface area contributed by atoms with Gasteiger partial charge in [0.1, 0.15) is 5.82 Å². The maximum Gasteiger partial charge on any atom is 0.276 e. The van der Waals surface area contributed by atoms with E-state index < -0.39 is 15.5 Å². The first-order valence-electron chi connectivity index (χ1n) is 4.08. The predicted molar refractivity (Wildman–Crippen MR) is 68.4 cm³/mol. The number of halogens is 5. The molecule has 1 aromatic rings. The van der Waals surface area contributed by atoms with Crippen LogP contribution in [0.2, 0.25) is 0 Å². The Morgan fingerprint density at radius 3 is 2.47 bits per heavy atom. The molecule has 92 valence electrons. The van der Waals surface area contributed by atoms with E-state index in [0.717, 1.165) is 6.07 Å². The zero-order valence-corrected chi connectivity index (χ0v) is 11.8. The van der Waals surface area contributed by atoms with E-state index in [4.69, 9.17) is 34.8 Å². The van der Waals surface area contributed by atoms with Crippen LogP contribution < -0.4 is 5.32 Å². The number of alkyl halides is 3. The minimum atomic E-state index is -2.19. The molecule has 1 rings (SSSR count). The molecule has 0 aliphatic rings. The molecule has 0 spiro atoms. The van der Waals surface area contributed by atoms with Crippen molar-refractivity contribution in [1.29, 1.82) is 0 Å². The Bertz CT molecular complexity index is 476. The number of carbonyl (C=O) groups excluding carboxylic acids is 2. The Kier molecular flexibility index (Phi) is 4.77. The molecule has 0 saturated heterocycles. The molecular formula is C9H4BrCl3FNO2. The first-order valence-corrected chi connectivity index (χ1v) is 6.01. The first kappa shape index (κ1) is 14.7. The molecule has 0 bridgehead atoms. The lowest BCUT2D eigenvalue weighted by molar-refractivity contribution is -0.115. The largest absolute Gasteiger partial charge is 0.322 e. The number of rotatable bonds is 2. The number of aldehydes is 1. The Labute approximate surface area is 119 Å². The van der Waals surface area contributed by atoms with Gasteiger partial charge in [0.05, 0.1) is 10.2 Å². The second-order valence-electron chi connectivity index (χ2n) is 2.92. The highest BCUT2D eigenvalue weighted by Crippen LogP contribution is 2.29. The number of carbonyl (C=O) groups is 2. The molecule has 0 heterocycles. The molecule has 0 fully saturated rings. The zero-order valence-electron chi connectivity index (χ0n) is 7.94. The Hall–Kier alpha value is -0.360. The van der Waals surface area contributed by atoms with E-state index >= 15 is 0 Å². The normalized spacial score (nSPS) is 11.1. The van der Waals surface area contributed by atoms with Crippen LogP contribution in [0.5, 0.6) is 0 Å². The molecule has 0 aliphatic carbocycles. The van der Waals surface area contributed by atoms with Gasteiger partial charge in [-0.25, -0.2) is 4.39 Å². The monoisotopic (exact) mass is 361 g/mol. The van der Waals surface area contributed by atoms with Crippen molar-refractivity contribution in [1.82, 2.24) is 0 Å². The Morgan fingerprint density at radius 2 is 2.00 bits per heavy atom. The van der Waals surface area contributed by atoms with E-state index in [2.05, 4.69) is 21.2 Å². The molecule has 1 N–H and O–H groups in total. The summed E-state index contributed by atoms with van der Waals surface area (Å²) in [5.41, 5.74) is -0.0158. The average molecular weight is 363 g/mol. The third kappa shape index (κ3) is 3.81. The lowest BCUT2D eigenvalue weighted by Crippen LogP contribution is -2.27. The molecular weight excluding hydrogens is 359 g/mol. The van der Waals surface area contributed by atoms with Crippen molar-refractivity contribution >= 4 is 68.6 Å². The molecule has 1 aromatic carbocycles. The van der Waals surface area contributed by atoms with Crippen LogP contribution in [0.4, 0.5) is 10.1 Å². The van der Waals surface area contributed by atoms with E-state index in [1.165, 1.54) is 6.07 Å². The summed E-state index contributed by atoms with van der Waals surface area (Å²) >= 11 is 18.9. The fraction of sp³-hybridized carbons (Fsp3) is 0.111. The topological polar surface area (TPSA) is 46.2 Å². The highest BCUT2D eigenvalue weighted by Gasteiger charge is 2.31. The third-order valence-electron chi connectivity index (χ3n) is 1.73. The van der Waals surface area contributed by atoms with Crippen molar-refractivity contribution in [3.8, 4) is 0 Å². The van der Waals surface area contributed by atoms with Gasteiger partial charge in [-0.2, -0.15) is 0 Å².